The van der Waals surface area contributed by atoms with E-state index in [-0.39, 0.29) is 29.7 Å². The van der Waals surface area contributed by atoms with Crippen molar-refractivity contribution in [2.24, 2.45) is 5.92 Å². The van der Waals surface area contributed by atoms with Gasteiger partial charge in [-0.1, -0.05) is 12.1 Å². The van der Waals surface area contributed by atoms with Crippen molar-refractivity contribution in [2.45, 2.75) is 38.6 Å². The minimum atomic E-state index is -0.456. The van der Waals surface area contributed by atoms with Crippen molar-refractivity contribution < 1.29 is 9.18 Å². The maximum Gasteiger partial charge on any atom is 0.278 e. The zero-order valence-corrected chi connectivity index (χ0v) is 17.3. The van der Waals surface area contributed by atoms with E-state index in [1.54, 1.807) is 30.0 Å². The van der Waals surface area contributed by atoms with Crippen molar-refractivity contribution in [3.8, 4) is 5.69 Å². The average molecular weight is 421 g/mol. The van der Waals surface area contributed by atoms with Crippen molar-refractivity contribution in [3.05, 3.63) is 57.8 Å². The third kappa shape index (κ3) is 4.85. The number of hydrogen-bond acceptors (Lipinski definition) is 4. The average Bonchev–Trinajstić information content (AvgIpc) is 3.52. The van der Waals surface area contributed by atoms with Crippen LogP contribution < -0.4 is 10.7 Å². The fourth-order valence-corrected chi connectivity index (χ4v) is 3.65. The molecule has 29 heavy (non-hydrogen) atoms. The molecule has 0 unspecified atom stereocenters. The normalized spacial score (nSPS) is 17.1. The third-order valence-electron chi connectivity index (χ3n) is 5.56. The van der Waals surface area contributed by atoms with Crippen LogP contribution in [0, 0.1) is 18.7 Å². The molecule has 1 aromatic carbocycles. The minimum absolute atomic E-state index is 0. The number of piperidine rings is 1. The molecule has 1 aliphatic heterocycles. The molecule has 0 spiro atoms. The molecule has 1 saturated carbocycles. The van der Waals surface area contributed by atoms with Crippen LogP contribution >= 0.6 is 12.4 Å². The number of likely N-dealkylation sites (tertiary alicyclic amines) is 1. The number of amides is 1. The predicted molar refractivity (Wildman–Crippen MR) is 111 cm³/mol. The second kappa shape index (κ2) is 9.05. The molecule has 8 heteroatoms. The lowest BCUT2D eigenvalue weighted by atomic mass is 10.0. The molecule has 2 aromatic rings. The van der Waals surface area contributed by atoms with Gasteiger partial charge in [-0.3, -0.25) is 9.59 Å². The number of carbonyl (C=O) groups excluding carboxylic acids is 1. The van der Waals surface area contributed by atoms with Crippen LogP contribution in [-0.4, -0.2) is 46.3 Å². The first kappa shape index (κ1) is 21.5. The van der Waals surface area contributed by atoms with E-state index >= 15 is 0 Å². The van der Waals surface area contributed by atoms with E-state index in [2.05, 4.69) is 10.4 Å². The van der Waals surface area contributed by atoms with Crippen LogP contribution in [0.1, 0.15) is 41.9 Å². The lowest BCUT2D eigenvalue weighted by Crippen LogP contribution is -2.46. The summed E-state index contributed by atoms with van der Waals surface area (Å²) in [7, 11) is 0. The van der Waals surface area contributed by atoms with Gasteiger partial charge in [0.2, 0.25) is 5.43 Å². The van der Waals surface area contributed by atoms with Gasteiger partial charge >= 0.3 is 0 Å². The van der Waals surface area contributed by atoms with E-state index in [1.165, 1.54) is 29.7 Å². The summed E-state index contributed by atoms with van der Waals surface area (Å²) in [4.78, 5) is 27.0. The Morgan fingerprint density at radius 3 is 2.55 bits per heavy atom. The van der Waals surface area contributed by atoms with Gasteiger partial charge in [-0.2, -0.15) is 5.10 Å². The molecule has 0 radical (unpaired) electrons. The van der Waals surface area contributed by atoms with Gasteiger partial charge in [0, 0.05) is 30.9 Å². The van der Waals surface area contributed by atoms with Crippen LogP contribution in [-0.2, 0) is 0 Å². The molecular formula is C21H26ClFN4O2. The number of benzene rings is 1. The topological polar surface area (TPSA) is 67.2 Å². The molecular weight excluding hydrogens is 395 g/mol. The van der Waals surface area contributed by atoms with Crippen LogP contribution in [0.5, 0.6) is 0 Å². The van der Waals surface area contributed by atoms with E-state index in [4.69, 9.17) is 0 Å². The third-order valence-corrected chi connectivity index (χ3v) is 5.56. The highest BCUT2D eigenvalue weighted by Crippen LogP contribution is 2.28. The van der Waals surface area contributed by atoms with Gasteiger partial charge in [0.15, 0.2) is 5.69 Å². The van der Waals surface area contributed by atoms with Gasteiger partial charge in [-0.15, -0.1) is 12.4 Å². The Balaban J connectivity index is 0.00000240. The zero-order valence-electron chi connectivity index (χ0n) is 16.4. The van der Waals surface area contributed by atoms with Crippen LogP contribution in [0.3, 0.4) is 0 Å². The van der Waals surface area contributed by atoms with E-state index in [9.17, 15) is 14.0 Å². The summed E-state index contributed by atoms with van der Waals surface area (Å²) >= 11 is 0. The monoisotopic (exact) mass is 420 g/mol. The van der Waals surface area contributed by atoms with Crippen LogP contribution in [0.25, 0.3) is 5.69 Å². The van der Waals surface area contributed by atoms with Crippen LogP contribution in [0.2, 0.25) is 0 Å². The molecule has 2 heterocycles. The molecule has 1 N–H and O–H groups in total. The fraction of sp³-hybridized carbons (Fsp3) is 0.476. The summed E-state index contributed by atoms with van der Waals surface area (Å²) in [5.41, 5.74) is 0.119. The highest BCUT2D eigenvalue weighted by Gasteiger charge is 2.28. The first-order valence-electron chi connectivity index (χ1n) is 9.91. The summed E-state index contributed by atoms with van der Waals surface area (Å²) in [6.45, 7) is 3.92. The van der Waals surface area contributed by atoms with E-state index in [0.29, 0.717) is 24.8 Å². The molecule has 1 saturated heterocycles. The van der Waals surface area contributed by atoms with Gasteiger partial charge in [-0.05, 0) is 57.2 Å². The number of nitrogens with one attached hydrogen (secondary N) is 1. The highest BCUT2D eigenvalue weighted by molar-refractivity contribution is 5.92. The number of halogens is 2. The highest BCUT2D eigenvalue weighted by atomic mass is 35.5. The molecule has 156 valence electrons. The first-order chi connectivity index (χ1) is 13.5. The molecule has 1 amide bonds. The number of carbonyl (C=O) groups is 1. The summed E-state index contributed by atoms with van der Waals surface area (Å²) in [5.74, 6) is -0.00768. The second-order valence-electron chi connectivity index (χ2n) is 7.78. The lowest BCUT2D eigenvalue weighted by molar-refractivity contribution is 0.0695. The summed E-state index contributed by atoms with van der Waals surface area (Å²) < 4.78 is 15.5. The van der Waals surface area contributed by atoms with Crippen molar-refractivity contribution in [1.82, 2.24) is 20.0 Å². The molecule has 2 fully saturated rings. The molecule has 1 aromatic heterocycles. The SMILES string of the molecule is Cc1cc(=O)c(C(=O)N2CCC(NCC3CC3)CC2)nn1-c1ccccc1F.Cl. The molecule has 0 atom stereocenters. The Bertz CT molecular complexity index is 937. The predicted octanol–water partition coefficient (Wildman–Crippen LogP) is 2.71. The van der Waals surface area contributed by atoms with Crippen molar-refractivity contribution >= 4 is 18.3 Å². The van der Waals surface area contributed by atoms with Gasteiger partial charge in [0.1, 0.15) is 11.5 Å². The van der Waals surface area contributed by atoms with Crippen molar-refractivity contribution in [3.63, 3.8) is 0 Å². The van der Waals surface area contributed by atoms with Gasteiger partial charge in [0.05, 0.1) is 0 Å². The molecule has 0 bridgehead atoms. The Labute approximate surface area is 175 Å². The second-order valence-corrected chi connectivity index (χ2v) is 7.78. The standard InChI is InChI=1S/C21H25FN4O2.ClH/c1-14-12-19(27)20(24-26(14)18-5-3-2-4-17(18)22)21(28)25-10-8-16(9-11-25)23-13-15-6-7-15;/h2-5,12,15-16,23H,6-11,13H2,1H3;1H. The largest absolute Gasteiger partial charge is 0.337 e. The number of hydrogen-bond donors (Lipinski definition) is 1. The maximum absolute atomic E-state index is 14.2. The Hall–Kier alpha value is -2.25. The van der Waals surface area contributed by atoms with E-state index < -0.39 is 11.2 Å². The van der Waals surface area contributed by atoms with Crippen molar-refractivity contribution in [2.75, 3.05) is 19.6 Å². The summed E-state index contributed by atoms with van der Waals surface area (Å²) in [5, 5.41) is 7.80. The Morgan fingerprint density at radius 2 is 1.90 bits per heavy atom. The number of para-hydroxylation sites is 1. The molecule has 6 nitrogen and oxygen atoms in total. The number of aryl methyl sites for hydroxylation is 1. The number of rotatable bonds is 5. The zero-order chi connectivity index (χ0) is 19.7. The lowest BCUT2D eigenvalue weighted by Gasteiger charge is -2.32. The van der Waals surface area contributed by atoms with E-state index in [1.807, 2.05) is 0 Å². The molecule has 1 aliphatic carbocycles. The van der Waals surface area contributed by atoms with Gasteiger partial charge < -0.3 is 10.2 Å². The summed E-state index contributed by atoms with van der Waals surface area (Å²) in [6.07, 6.45) is 4.37. The van der Waals surface area contributed by atoms with Gasteiger partial charge in [0.25, 0.3) is 5.91 Å². The first-order valence-corrected chi connectivity index (χ1v) is 9.91. The quantitative estimate of drug-likeness (QED) is 0.807. The smallest absolute Gasteiger partial charge is 0.278 e. The summed E-state index contributed by atoms with van der Waals surface area (Å²) in [6, 6.07) is 7.95. The van der Waals surface area contributed by atoms with Crippen LogP contribution in [0.4, 0.5) is 4.39 Å². The van der Waals surface area contributed by atoms with Gasteiger partial charge in [-0.25, -0.2) is 9.07 Å². The van der Waals surface area contributed by atoms with E-state index in [0.717, 1.165) is 25.3 Å². The Morgan fingerprint density at radius 1 is 1.21 bits per heavy atom. The number of nitrogens with zero attached hydrogens (tertiary/aromatic N) is 3. The fourth-order valence-electron chi connectivity index (χ4n) is 3.65. The molecule has 2 aliphatic rings. The Kier molecular flexibility index (Phi) is 6.70. The molecule has 4 rings (SSSR count). The van der Waals surface area contributed by atoms with Crippen LogP contribution in [0.15, 0.2) is 35.1 Å². The van der Waals surface area contributed by atoms with Crippen molar-refractivity contribution in [1.29, 1.82) is 0 Å². The minimum Gasteiger partial charge on any atom is -0.337 e. The number of aromatic nitrogens is 2. The maximum atomic E-state index is 14.2.